The molecule has 0 radical (unpaired) electrons. The van der Waals surface area contributed by atoms with Crippen molar-refractivity contribution in [1.29, 1.82) is 0 Å². The fourth-order valence-corrected chi connectivity index (χ4v) is 1.76. The van der Waals surface area contributed by atoms with Gasteiger partial charge < -0.3 is 5.32 Å². The van der Waals surface area contributed by atoms with Crippen molar-refractivity contribution in [2.24, 2.45) is 0 Å². The molecular weight excluding hydrogens is 168 g/mol. The first-order valence-corrected chi connectivity index (χ1v) is 4.95. The van der Waals surface area contributed by atoms with Crippen molar-refractivity contribution >= 4 is 11.8 Å². The zero-order chi connectivity index (χ0) is 8.32. The molecule has 1 N–H and O–H groups in total. The highest BCUT2D eigenvalue weighted by molar-refractivity contribution is 8.00. The monoisotopic (exact) mass is 181 g/mol. The summed E-state index contributed by atoms with van der Waals surface area (Å²) in [6.45, 7) is 0.570. The molecule has 1 aliphatic rings. The average molecular weight is 181 g/mol. The zero-order valence-corrected chi connectivity index (χ0v) is 7.39. The van der Waals surface area contributed by atoms with Crippen molar-refractivity contribution in [2.75, 3.05) is 19.3 Å². The molecule has 0 amide bonds. The number of hydrogen-bond donors (Lipinski definition) is 1. The van der Waals surface area contributed by atoms with Crippen LogP contribution in [0.1, 0.15) is 12.8 Å². The summed E-state index contributed by atoms with van der Waals surface area (Å²) in [5, 5.41) is 2.77. The van der Waals surface area contributed by atoms with Gasteiger partial charge in [-0.15, -0.1) is 0 Å². The van der Waals surface area contributed by atoms with Crippen LogP contribution in [-0.4, -0.2) is 30.5 Å². The van der Waals surface area contributed by atoms with Crippen LogP contribution in [0.5, 0.6) is 0 Å². The van der Waals surface area contributed by atoms with Gasteiger partial charge in [0.25, 0.3) is 6.43 Å². The lowest BCUT2D eigenvalue weighted by Crippen LogP contribution is -2.29. The van der Waals surface area contributed by atoms with Gasteiger partial charge in [-0.1, -0.05) is 0 Å². The van der Waals surface area contributed by atoms with Crippen LogP contribution in [-0.2, 0) is 0 Å². The Morgan fingerprint density at radius 3 is 2.55 bits per heavy atom. The predicted molar refractivity (Wildman–Crippen MR) is 44.4 cm³/mol. The first-order chi connectivity index (χ1) is 5.18. The van der Waals surface area contributed by atoms with Gasteiger partial charge in [0.2, 0.25) is 0 Å². The molecule has 1 aliphatic carbocycles. The molecule has 0 bridgehead atoms. The normalized spacial score (nSPS) is 20.7. The predicted octanol–water partition coefficient (Wildman–Crippen LogP) is 1.74. The number of hydrogen-bond acceptors (Lipinski definition) is 2. The number of thioether (sulfide) groups is 1. The quantitative estimate of drug-likeness (QED) is 0.693. The van der Waals surface area contributed by atoms with E-state index in [4.69, 9.17) is 0 Å². The van der Waals surface area contributed by atoms with E-state index in [1.807, 2.05) is 6.26 Å². The van der Waals surface area contributed by atoms with Gasteiger partial charge in [0.15, 0.2) is 0 Å². The van der Waals surface area contributed by atoms with Gasteiger partial charge >= 0.3 is 0 Å². The fraction of sp³-hybridized carbons (Fsp3) is 1.00. The van der Waals surface area contributed by atoms with E-state index in [9.17, 15) is 8.78 Å². The largest absolute Gasteiger partial charge is 0.310 e. The second-order valence-corrected chi connectivity index (χ2v) is 4.18. The van der Waals surface area contributed by atoms with Gasteiger partial charge in [0.1, 0.15) is 0 Å². The second kappa shape index (κ2) is 3.72. The van der Waals surface area contributed by atoms with Crippen LogP contribution in [0, 0.1) is 0 Å². The minimum absolute atomic E-state index is 0.164. The van der Waals surface area contributed by atoms with Gasteiger partial charge in [0.05, 0.1) is 6.54 Å². The second-order valence-electron chi connectivity index (χ2n) is 2.91. The Balaban J connectivity index is 2.03. The highest BCUT2D eigenvalue weighted by atomic mass is 32.2. The number of nitrogens with one attached hydrogen (secondary N) is 1. The van der Waals surface area contributed by atoms with Crippen molar-refractivity contribution in [1.82, 2.24) is 5.32 Å². The number of rotatable bonds is 5. The first kappa shape index (κ1) is 9.26. The Hall–Kier alpha value is 0.170. The average Bonchev–Trinajstić information content (AvgIpc) is 2.69. The topological polar surface area (TPSA) is 12.0 Å². The lowest BCUT2D eigenvalue weighted by Gasteiger charge is -2.12. The summed E-state index contributed by atoms with van der Waals surface area (Å²) in [6.07, 6.45) is 2.17. The molecule has 0 unspecified atom stereocenters. The Labute approximate surface area is 69.9 Å². The minimum Gasteiger partial charge on any atom is -0.310 e. The molecule has 0 saturated heterocycles. The van der Waals surface area contributed by atoms with Crippen molar-refractivity contribution < 1.29 is 8.78 Å². The number of alkyl halides is 2. The van der Waals surface area contributed by atoms with E-state index in [0.717, 1.165) is 6.54 Å². The summed E-state index contributed by atoms with van der Waals surface area (Å²) < 4.78 is 23.6. The van der Waals surface area contributed by atoms with Crippen LogP contribution >= 0.6 is 11.8 Å². The van der Waals surface area contributed by atoms with E-state index < -0.39 is 6.43 Å². The maximum Gasteiger partial charge on any atom is 0.250 e. The molecule has 0 aromatic carbocycles. The van der Waals surface area contributed by atoms with Crippen LogP contribution in [0.4, 0.5) is 8.78 Å². The molecule has 1 saturated carbocycles. The van der Waals surface area contributed by atoms with Crippen LogP contribution in [0.2, 0.25) is 0 Å². The molecule has 0 atom stereocenters. The lowest BCUT2D eigenvalue weighted by atomic mass is 10.4. The summed E-state index contributed by atoms with van der Waals surface area (Å²) in [5.41, 5.74) is 0. The molecule has 0 aromatic heterocycles. The Morgan fingerprint density at radius 2 is 2.18 bits per heavy atom. The fourth-order valence-electron chi connectivity index (χ4n) is 1.00. The van der Waals surface area contributed by atoms with E-state index in [-0.39, 0.29) is 6.54 Å². The summed E-state index contributed by atoms with van der Waals surface area (Å²) in [5.74, 6) is 0. The molecule has 4 heteroatoms. The van der Waals surface area contributed by atoms with Gasteiger partial charge in [-0.2, -0.15) is 11.8 Å². The molecular formula is C7H13F2NS. The lowest BCUT2D eigenvalue weighted by molar-refractivity contribution is 0.146. The maximum atomic E-state index is 11.7. The zero-order valence-electron chi connectivity index (χ0n) is 6.57. The standard InChI is InChI=1S/C7H13F2NS/c1-11-7(2-3-7)5-10-4-6(8)9/h6,10H,2-5H2,1H3. The van der Waals surface area contributed by atoms with Gasteiger partial charge in [0, 0.05) is 11.3 Å². The molecule has 1 nitrogen and oxygen atoms in total. The Morgan fingerprint density at radius 1 is 1.55 bits per heavy atom. The molecule has 11 heavy (non-hydrogen) atoms. The summed E-state index contributed by atoms with van der Waals surface area (Å²) in [6, 6.07) is 0. The smallest absolute Gasteiger partial charge is 0.250 e. The summed E-state index contributed by atoms with van der Waals surface area (Å²) in [4.78, 5) is 0. The third-order valence-electron chi connectivity index (χ3n) is 1.99. The molecule has 1 fully saturated rings. The Bertz CT molecular complexity index is 126. The van der Waals surface area contributed by atoms with Crippen molar-refractivity contribution in [3.8, 4) is 0 Å². The molecule has 0 aliphatic heterocycles. The summed E-state index contributed by atoms with van der Waals surface area (Å²) in [7, 11) is 0. The van der Waals surface area contributed by atoms with Crippen LogP contribution in [0.3, 0.4) is 0 Å². The van der Waals surface area contributed by atoms with E-state index in [1.165, 1.54) is 12.8 Å². The molecule has 0 aromatic rings. The summed E-state index contributed by atoms with van der Waals surface area (Å²) >= 11 is 1.78. The van der Waals surface area contributed by atoms with E-state index in [0.29, 0.717) is 4.75 Å². The SMILES string of the molecule is CSC1(CNCC(F)F)CC1. The van der Waals surface area contributed by atoms with Crippen LogP contribution in [0.25, 0.3) is 0 Å². The molecule has 1 rings (SSSR count). The van der Waals surface area contributed by atoms with Crippen molar-refractivity contribution in [3.63, 3.8) is 0 Å². The van der Waals surface area contributed by atoms with Gasteiger partial charge in [-0.25, -0.2) is 8.78 Å². The first-order valence-electron chi connectivity index (χ1n) is 3.72. The van der Waals surface area contributed by atoms with E-state index >= 15 is 0 Å². The Kier molecular flexibility index (Phi) is 3.13. The molecule has 66 valence electrons. The van der Waals surface area contributed by atoms with Gasteiger partial charge in [-0.05, 0) is 19.1 Å². The van der Waals surface area contributed by atoms with E-state index in [1.54, 1.807) is 11.8 Å². The van der Waals surface area contributed by atoms with Crippen molar-refractivity contribution in [3.05, 3.63) is 0 Å². The highest BCUT2D eigenvalue weighted by Crippen LogP contribution is 2.46. The van der Waals surface area contributed by atoms with Crippen molar-refractivity contribution in [2.45, 2.75) is 24.0 Å². The van der Waals surface area contributed by atoms with Crippen LogP contribution in [0.15, 0.2) is 0 Å². The molecule has 0 heterocycles. The van der Waals surface area contributed by atoms with Crippen LogP contribution < -0.4 is 5.32 Å². The third kappa shape index (κ3) is 2.95. The minimum atomic E-state index is -2.22. The van der Waals surface area contributed by atoms with E-state index in [2.05, 4.69) is 5.32 Å². The van der Waals surface area contributed by atoms with Gasteiger partial charge in [-0.3, -0.25) is 0 Å². The highest BCUT2D eigenvalue weighted by Gasteiger charge is 2.41. The third-order valence-corrected chi connectivity index (χ3v) is 3.41. The maximum absolute atomic E-state index is 11.7. The number of halogens is 2. The molecule has 0 spiro atoms.